The molecule has 3 aromatic carbocycles. The Balaban J connectivity index is 1.46. The van der Waals surface area contributed by atoms with E-state index in [1.807, 2.05) is 30.7 Å². The van der Waals surface area contributed by atoms with Crippen LogP contribution in [0.3, 0.4) is 0 Å². The van der Waals surface area contributed by atoms with E-state index in [0.29, 0.717) is 29.2 Å². The molecule has 0 amide bonds. The second-order valence-corrected chi connectivity index (χ2v) is 9.92. The first kappa shape index (κ1) is 24.2. The van der Waals surface area contributed by atoms with Gasteiger partial charge < -0.3 is 34.1 Å². The third-order valence-corrected chi connectivity index (χ3v) is 7.70. The number of aromatic hydroxyl groups is 2. The van der Waals surface area contributed by atoms with Gasteiger partial charge in [-0.25, -0.2) is 4.98 Å². The number of aromatic nitrogens is 2. The van der Waals surface area contributed by atoms with Crippen LogP contribution in [0.4, 0.5) is 0 Å². The summed E-state index contributed by atoms with van der Waals surface area (Å²) >= 11 is 0. The van der Waals surface area contributed by atoms with E-state index in [4.69, 9.17) is 14.2 Å². The summed E-state index contributed by atoms with van der Waals surface area (Å²) in [7, 11) is 3.14. The monoisotopic (exact) mass is 514 g/mol. The van der Waals surface area contributed by atoms with Crippen molar-refractivity contribution >= 4 is 0 Å². The van der Waals surface area contributed by atoms with Crippen molar-refractivity contribution in [2.75, 3.05) is 14.2 Å². The standard InChI is InChI=1S/C30H30N2O6/c1-36-26-13-18(3-6-23(26)34)30-24(35)14-22-25(38-30)15-27(37-2)29-21-5-4-20(33)12-19(21)11-17(28(22)29)7-9-32-10-8-31-16-32/h3-6,8,10,12-13,15-17,24,30,33-35H,7,9,11,14H2,1-2H3. The van der Waals surface area contributed by atoms with Crippen LogP contribution in [0.25, 0.3) is 11.1 Å². The Morgan fingerprint density at radius 3 is 2.63 bits per heavy atom. The summed E-state index contributed by atoms with van der Waals surface area (Å²) in [5, 5.41) is 31.6. The fourth-order valence-electron chi connectivity index (χ4n) is 5.92. The molecule has 196 valence electrons. The Morgan fingerprint density at radius 1 is 1.03 bits per heavy atom. The molecule has 1 aliphatic carbocycles. The van der Waals surface area contributed by atoms with Crippen LogP contribution in [0.15, 0.2) is 61.2 Å². The van der Waals surface area contributed by atoms with Crippen molar-refractivity contribution in [3.8, 4) is 39.9 Å². The molecule has 0 radical (unpaired) electrons. The number of rotatable bonds is 6. The lowest BCUT2D eigenvalue weighted by molar-refractivity contribution is 0.0201. The highest BCUT2D eigenvalue weighted by Gasteiger charge is 2.38. The van der Waals surface area contributed by atoms with Crippen LogP contribution in [0.5, 0.6) is 28.7 Å². The van der Waals surface area contributed by atoms with Crippen molar-refractivity contribution < 1.29 is 29.5 Å². The third-order valence-electron chi connectivity index (χ3n) is 7.70. The SMILES string of the molecule is COc1cc(C2Oc3cc(OC)c4c(c3CC2O)C(CCn2ccnc2)Cc2cc(O)ccc2-4)ccc1O. The average molecular weight is 515 g/mol. The Labute approximate surface area is 220 Å². The van der Waals surface area contributed by atoms with Gasteiger partial charge in [0.15, 0.2) is 11.5 Å². The summed E-state index contributed by atoms with van der Waals surface area (Å²) < 4.78 is 19.7. The second kappa shape index (κ2) is 9.61. The van der Waals surface area contributed by atoms with Crippen molar-refractivity contribution in [3.05, 3.63) is 83.4 Å². The van der Waals surface area contributed by atoms with E-state index in [-0.39, 0.29) is 17.4 Å². The van der Waals surface area contributed by atoms with Crippen molar-refractivity contribution in [2.24, 2.45) is 0 Å². The minimum atomic E-state index is -0.801. The van der Waals surface area contributed by atoms with Crippen LogP contribution in [0, 0.1) is 0 Å². The van der Waals surface area contributed by atoms with Gasteiger partial charge in [-0.05, 0) is 65.3 Å². The molecule has 6 rings (SSSR count). The highest BCUT2D eigenvalue weighted by Crippen LogP contribution is 2.53. The van der Waals surface area contributed by atoms with Crippen molar-refractivity contribution in [2.45, 2.75) is 43.9 Å². The van der Waals surface area contributed by atoms with E-state index in [2.05, 4.69) is 9.55 Å². The van der Waals surface area contributed by atoms with E-state index in [0.717, 1.165) is 47.2 Å². The van der Waals surface area contributed by atoms with Crippen LogP contribution in [-0.2, 0) is 19.4 Å². The van der Waals surface area contributed by atoms with Crippen LogP contribution < -0.4 is 14.2 Å². The molecule has 0 bridgehead atoms. The summed E-state index contributed by atoms with van der Waals surface area (Å²) in [6.07, 6.45) is 6.11. The van der Waals surface area contributed by atoms with Gasteiger partial charge in [0.1, 0.15) is 23.4 Å². The molecule has 2 aliphatic rings. The molecular weight excluding hydrogens is 484 g/mol. The van der Waals surface area contributed by atoms with Crippen LogP contribution >= 0.6 is 0 Å². The molecule has 1 aliphatic heterocycles. The van der Waals surface area contributed by atoms with Crippen LogP contribution in [-0.4, -0.2) is 45.2 Å². The van der Waals surface area contributed by atoms with Gasteiger partial charge >= 0.3 is 0 Å². The first-order valence-electron chi connectivity index (χ1n) is 12.7. The molecule has 2 heterocycles. The minimum absolute atomic E-state index is 0.0307. The first-order valence-corrected chi connectivity index (χ1v) is 12.7. The van der Waals surface area contributed by atoms with Gasteiger partial charge in [-0.3, -0.25) is 0 Å². The number of hydrogen-bond donors (Lipinski definition) is 3. The highest BCUT2D eigenvalue weighted by atomic mass is 16.5. The molecule has 8 nitrogen and oxygen atoms in total. The van der Waals surface area contributed by atoms with E-state index in [9.17, 15) is 15.3 Å². The predicted octanol–water partition coefficient (Wildman–Crippen LogP) is 4.75. The topological polar surface area (TPSA) is 106 Å². The number of hydrogen-bond acceptors (Lipinski definition) is 7. The Bertz CT molecular complexity index is 1480. The highest BCUT2D eigenvalue weighted by molar-refractivity contribution is 5.83. The summed E-state index contributed by atoms with van der Waals surface area (Å²) in [4.78, 5) is 4.17. The molecule has 8 heteroatoms. The van der Waals surface area contributed by atoms with Crippen molar-refractivity contribution in [3.63, 3.8) is 0 Å². The summed E-state index contributed by atoms with van der Waals surface area (Å²) in [6, 6.07) is 12.4. The lowest BCUT2D eigenvalue weighted by Crippen LogP contribution is -2.32. The zero-order chi connectivity index (χ0) is 26.4. The normalized spacial score (nSPS) is 19.6. The molecule has 0 saturated carbocycles. The molecule has 1 aromatic heterocycles. The van der Waals surface area contributed by atoms with Crippen LogP contribution in [0.2, 0.25) is 0 Å². The lowest BCUT2D eigenvalue weighted by Gasteiger charge is -2.37. The Hall–Kier alpha value is -4.17. The van der Waals surface area contributed by atoms with Gasteiger partial charge in [-0.2, -0.15) is 0 Å². The zero-order valence-corrected chi connectivity index (χ0v) is 21.3. The quantitative estimate of drug-likeness (QED) is 0.341. The number of imidazole rings is 1. The molecule has 0 spiro atoms. The smallest absolute Gasteiger partial charge is 0.160 e. The number of phenols is 2. The third kappa shape index (κ3) is 4.11. The van der Waals surface area contributed by atoms with Gasteiger partial charge in [0, 0.05) is 42.6 Å². The van der Waals surface area contributed by atoms with Gasteiger partial charge in [0.05, 0.1) is 26.7 Å². The Morgan fingerprint density at radius 2 is 1.87 bits per heavy atom. The summed E-state index contributed by atoms with van der Waals surface area (Å²) in [6.45, 7) is 0.781. The van der Waals surface area contributed by atoms with Crippen molar-refractivity contribution in [1.29, 1.82) is 0 Å². The molecule has 3 unspecified atom stereocenters. The van der Waals surface area contributed by atoms with E-state index in [1.54, 1.807) is 37.6 Å². The minimum Gasteiger partial charge on any atom is -0.508 e. The van der Waals surface area contributed by atoms with Gasteiger partial charge in [-0.15, -0.1) is 0 Å². The van der Waals surface area contributed by atoms with Gasteiger partial charge in [-0.1, -0.05) is 12.1 Å². The van der Waals surface area contributed by atoms with Crippen molar-refractivity contribution in [1.82, 2.24) is 9.55 Å². The number of phenolic OH excluding ortho intramolecular Hbond substituents is 2. The predicted molar refractivity (Wildman–Crippen MR) is 141 cm³/mol. The maximum atomic E-state index is 11.3. The number of fused-ring (bicyclic) bond motifs is 5. The zero-order valence-electron chi connectivity index (χ0n) is 21.3. The maximum absolute atomic E-state index is 11.3. The molecule has 38 heavy (non-hydrogen) atoms. The number of benzene rings is 3. The van der Waals surface area contributed by atoms with Gasteiger partial charge in [0.2, 0.25) is 0 Å². The molecule has 3 N–H and O–H groups in total. The maximum Gasteiger partial charge on any atom is 0.160 e. The first-order chi connectivity index (χ1) is 18.5. The number of aliphatic hydroxyl groups is 1. The largest absolute Gasteiger partial charge is 0.508 e. The average Bonchev–Trinajstić information content (AvgIpc) is 3.45. The molecule has 3 atom stereocenters. The number of ether oxygens (including phenoxy) is 3. The molecule has 0 fully saturated rings. The van der Waals surface area contributed by atoms with E-state index in [1.165, 1.54) is 7.11 Å². The fraction of sp³-hybridized carbons (Fsp3) is 0.300. The second-order valence-electron chi connectivity index (χ2n) is 9.92. The van der Waals surface area contributed by atoms with Crippen LogP contribution in [0.1, 0.15) is 40.7 Å². The summed E-state index contributed by atoms with van der Waals surface area (Å²) in [5.74, 6) is 2.08. The van der Waals surface area contributed by atoms with E-state index < -0.39 is 12.2 Å². The van der Waals surface area contributed by atoms with Gasteiger partial charge in [0.25, 0.3) is 0 Å². The number of aliphatic hydroxyl groups excluding tert-OH is 1. The lowest BCUT2D eigenvalue weighted by atomic mass is 9.73. The molecule has 0 saturated heterocycles. The Kier molecular flexibility index (Phi) is 6.12. The van der Waals surface area contributed by atoms with E-state index >= 15 is 0 Å². The number of nitrogens with zero attached hydrogens (tertiary/aromatic N) is 2. The fourth-order valence-corrected chi connectivity index (χ4v) is 5.92. The molecule has 4 aromatic rings. The summed E-state index contributed by atoms with van der Waals surface area (Å²) in [5.41, 5.74) is 5.90. The molecular formula is C30H30N2O6. The number of methoxy groups -OCH3 is 2. The number of aryl methyl sites for hydroxylation is 1.